The van der Waals surface area contributed by atoms with Crippen molar-refractivity contribution in [3.05, 3.63) is 53.0 Å². The molecule has 0 aromatic heterocycles. The largest absolute Gasteiger partial charge is 0.326 e. The van der Waals surface area contributed by atoms with Gasteiger partial charge in [0.15, 0.2) is 0 Å². The molecule has 25 heavy (non-hydrogen) atoms. The van der Waals surface area contributed by atoms with Crippen LogP contribution in [0.15, 0.2) is 62.8 Å². The van der Waals surface area contributed by atoms with E-state index in [-0.39, 0.29) is 5.91 Å². The molecule has 1 amide bonds. The van der Waals surface area contributed by atoms with Crippen LogP contribution in [-0.2, 0) is 4.79 Å². The van der Waals surface area contributed by atoms with E-state index < -0.39 is 0 Å². The molecule has 2 aromatic carbocycles. The Morgan fingerprint density at radius 1 is 1.00 bits per heavy atom. The Morgan fingerprint density at radius 3 is 2.28 bits per heavy atom. The van der Waals surface area contributed by atoms with Crippen LogP contribution in [-0.4, -0.2) is 5.91 Å². The van der Waals surface area contributed by atoms with Crippen LogP contribution in [0, 0.1) is 17.8 Å². The highest BCUT2D eigenvalue weighted by Gasteiger charge is 2.40. The van der Waals surface area contributed by atoms with Gasteiger partial charge in [0.25, 0.3) is 0 Å². The van der Waals surface area contributed by atoms with Crippen LogP contribution in [0.3, 0.4) is 0 Å². The number of benzene rings is 2. The number of carbonyl (C=O) groups excluding carboxylic acids is 1. The smallest absolute Gasteiger partial charge is 0.224 e. The number of fused-ring (bicyclic) bond motifs is 2. The Labute approximate surface area is 161 Å². The summed E-state index contributed by atoms with van der Waals surface area (Å²) in [6, 6.07) is 16.4. The minimum absolute atomic E-state index is 0.172. The lowest BCUT2D eigenvalue weighted by molar-refractivity contribution is -0.117. The first-order chi connectivity index (χ1) is 12.2. The van der Waals surface area contributed by atoms with Crippen molar-refractivity contribution in [3.63, 3.8) is 0 Å². The van der Waals surface area contributed by atoms with Crippen LogP contribution in [0.2, 0.25) is 0 Å². The van der Waals surface area contributed by atoms with Gasteiger partial charge in [0.05, 0.1) is 0 Å². The van der Waals surface area contributed by atoms with Crippen molar-refractivity contribution in [3.8, 4) is 0 Å². The Hall–Kier alpha value is -1.26. The van der Waals surface area contributed by atoms with E-state index in [2.05, 4.69) is 45.5 Å². The highest BCUT2D eigenvalue weighted by Crippen LogP contribution is 2.49. The van der Waals surface area contributed by atoms with Gasteiger partial charge in [0.1, 0.15) is 0 Å². The molecule has 0 unspecified atom stereocenters. The van der Waals surface area contributed by atoms with Crippen LogP contribution in [0.25, 0.3) is 0 Å². The number of hydrogen-bond acceptors (Lipinski definition) is 2. The highest BCUT2D eigenvalue weighted by molar-refractivity contribution is 9.10. The fourth-order valence-corrected chi connectivity index (χ4v) is 5.40. The van der Waals surface area contributed by atoms with E-state index in [9.17, 15) is 4.79 Å². The molecule has 2 saturated carbocycles. The Balaban J connectivity index is 1.31. The van der Waals surface area contributed by atoms with E-state index in [1.807, 2.05) is 24.3 Å². The summed E-state index contributed by atoms with van der Waals surface area (Å²) in [5, 5.41) is 3.07. The molecule has 1 N–H and O–H groups in total. The molecule has 2 aliphatic carbocycles. The lowest BCUT2D eigenvalue weighted by Gasteiger charge is -2.20. The van der Waals surface area contributed by atoms with Crippen molar-refractivity contribution in [2.24, 2.45) is 17.8 Å². The van der Waals surface area contributed by atoms with Crippen LogP contribution < -0.4 is 5.32 Å². The van der Waals surface area contributed by atoms with Gasteiger partial charge in [0, 0.05) is 26.4 Å². The zero-order valence-electron chi connectivity index (χ0n) is 14.1. The molecule has 0 saturated heterocycles. The van der Waals surface area contributed by atoms with Gasteiger partial charge in [-0.1, -0.05) is 34.1 Å². The molecule has 0 heterocycles. The fraction of sp³-hybridized carbons (Fsp3) is 0.381. The molecule has 3 atom stereocenters. The predicted molar refractivity (Wildman–Crippen MR) is 107 cm³/mol. The average molecular weight is 416 g/mol. The van der Waals surface area contributed by atoms with Crippen molar-refractivity contribution in [1.82, 2.24) is 0 Å². The molecule has 130 valence electrons. The predicted octanol–water partition coefficient (Wildman–Crippen LogP) is 6.37. The van der Waals surface area contributed by atoms with Crippen molar-refractivity contribution in [2.45, 2.75) is 41.9 Å². The molecule has 2 nitrogen and oxygen atoms in total. The summed E-state index contributed by atoms with van der Waals surface area (Å²) in [5.41, 5.74) is 0.897. The number of amides is 1. The molecule has 0 radical (unpaired) electrons. The van der Waals surface area contributed by atoms with Gasteiger partial charge in [0.2, 0.25) is 5.91 Å². The third-order valence-corrected chi connectivity index (χ3v) is 7.06. The second-order valence-electron chi connectivity index (χ2n) is 7.27. The van der Waals surface area contributed by atoms with E-state index in [1.165, 1.54) is 35.5 Å². The molecular formula is C21H22BrNOS. The minimum atomic E-state index is 0.172. The number of rotatable bonds is 5. The number of nitrogens with one attached hydrogen (secondary N) is 1. The Kier molecular flexibility index (Phi) is 5.18. The summed E-state index contributed by atoms with van der Waals surface area (Å²) in [6.45, 7) is 0. The number of carbonyl (C=O) groups is 1. The van der Waals surface area contributed by atoms with Gasteiger partial charge in [-0.15, -0.1) is 0 Å². The summed E-state index contributed by atoms with van der Waals surface area (Å²) in [4.78, 5) is 14.7. The summed E-state index contributed by atoms with van der Waals surface area (Å²) < 4.78 is 1.09. The van der Waals surface area contributed by atoms with Crippen molar-refractivity contribution in [1.29, 1.82) is 0 Å². The molecule has 4 heteroatoms. The molecule has 2 fully saturated rings. The minimum Gasteiger partial charge on any atom is -0.326 e. The van der Waals surface area contributed by atoms with Crippen LogP contribution in [0.1, 0.15) is 32.1 Å². The van der Waals surface area contributed by atoms with Crippen LogP contribution >= 0.6 is 27.7 Å². The Morgan fingerprint density at radius 2 is 1.68 bits per heavy atom. The molecule has 0 spiro atoms. The molecule has 2 bridgehead atoms. The van der Waals surface area contributed by atoms with Gasteiger partial charge >= 0.3 is 0 Å². The first kappa shape index (κ1) is 17.2. The Bertz CT molecular complexity index is 743. The van der Waals surface area contributed by atoms with Gasteiger partial charge < -0.3 is 5.32 Å². The van der Waals surface area contributed by atoms with E-state index in [4.69, 9.17) is 0 Å². The van der Waals surface area contributed by atoms with Crippen molar-refractivity contribution in [2.75, 3.05) is 5.32 Å². The monoisotopic (exact) mass is 415 g/mol. The third-order valence-electron chi connectivity index (χ3n) is 5.52. The number of halogens is 1. The maximum atomic E-state index is 12.3. The van der Waals surface area contributed by atoms with Gasteiger partial charge in [-0.2, -0.15) is 0 Å². The first-order valence-corrected chi connectivity index (χ1v) is 10.6. The van der Waals surface area contributed by atoms with Gasteiger partial charge in [-0.25, -0.2) is 0 Å². The molecule has 2 aliphatic rings. The number of hydrogen-bond donors (Lipinski definition) is 1. The van der Waals surface area contributed by atoms with E-state index in [0.717, 1.165) is 22.0 Å². The second-order valence-corrected chi connectivity index (χ2v) is 9.33. The van der Waals surface area contributed by atoms with Crippen molar-refractivity contribution < 1.29 is 4.79 Å². The summed E-state index contributed by atoms with van der Waals surface area (Å²) in [5.74, 6) is 2.50. The van der Waals surface area contributed by atoms with E-state index in [0.29, 0.717) is 12.3 Å². The maximum absolute atomic E-state index is 12.3. The lowest BCUT2D eigenvalue weighted by atomic mass is 9.86. The topological polar surface area (TPSA) is 29.1 Å². The zero-order valence-corrected chi connectivity index (χ0v) is 16.5. The van der Waals surface area contributed by atoms with E-state index in [1.54, 1.807) is 11.8 Å². The van der Waals surface area contributed by atoms with Crippen LogP contribution in [0.5, 0.6) is 0 Å². The first-order valence-electron chi connectivity index (χ1n) is 8.99. The SMILES string of the molecule is O=C(C[C@@H]1C[C@H]2CC[C@@H]1C2)Nc1ccc(Sc2ccc(Br)cc2)cc1. The van der Waals surface area contributed by atoms with Gasteiger partial charge in [-0.05, 0) is 85.5 Å². The highest BCUT2D eigenvalue weighted by atomic mass is 79.9. The summed E-state index contributed by atoms with van der Waals surface area (Å²) in [6.07, 6.45) is 6.04. The summed E-state index contributed by atoms with van der Waals surface area (Å²) >= 11 is 5.18. The maximum Gasteiger partial charge on any atom is 0.224 e. The zero-order chi connectivity index (χ0) is 17.2. The standard InChI is InChI=1S/C21H22BrNOS/c22-17-3-7-19(8-4-17)25-20-9-5-18(6-10-20)23-21(24)13-16-12-14-1-2-15(16)11-14/h3-10,14-16H,1-2,11-13H2,(H,23,24)/t14-,15+,16-/m0/s1. The average Bonchev–Trinajstić information content (AvgIpc) is 3.21. The lowest BCUT2D eigenvalue weighted by Crippen LogP contribution is -2.20. The fourth-order valence-electron chi connectivity index (χ4n) is 4.32. The molecule has 4 rings (SSSR count). The third kappa shape index (κ3) is 4.29. The van der Waals surface area contributed by atoms with E-state index >= 15 is 0 Å². The van der Waals surface area contributed by atoms with Gasteiger partial charge in [-0.3, -0.25) is 4.79 Å². The molecule has 0 aliphatic heterocycles. The van der Waals surface area contributed by atoms with Crippen molar-refractivity contribution >= 4 is 39.3 Å². The number of anilines is 1. The quantitative estimate of drug-likeness (QED) is 0.614. The normalized spacial score (nSPS) is 24.4. The summed E-state index contributed by atoms with van der Waals surface area (Å²) in [7, 11) is 0. The second kappa shape index (κ2) is 7.55. The molecule has 2 aromatic rings. The molecular weight excluding hydrogens is 394 g/mol. The van der Waals surface area contributed by atoms with Crippen LogP contribution in [0.4, 0.5) is 5.69 Å².